The van der Waals surface area contributed by atoms with Crippen molar-refractivity contribution in [3.8, 4) is 0 Å². The number of carbonyl (C=O) groups is 1. The fourth-order valence-corrected chi connectivity index (χ4v) is 3.37. The van der Waals surface area contributed by atoms with Gasteiger partial charge >= 0.3 is 0 Å². The first-order chi connectivity index (χ1) is 9.65. The van der Waals surface area contributed by atoms with Crippen molar-refractivity contribution in [2.45, 2.75) is 19.3 Å². The molecular weight excluding hydrogens is 298 g/mol. The summed E-state index contributed by atoms with van der Waals surface area (Å²) in [7, 11) is 0. The Morgan fingerprint density at radius 2 is 2.20 bits per heavy atom. The van der Waals surface area contributed by atoms with E-state index >= 15 is 0 Å². The number of amides is 1. The van der Waals surface area contributed by atoms with E-state index in [-0.39, 0.29) is 11.1 Å². The van der Waals surface area contributed by atoms with Crippen LogP contribution in [-0.4, -0.2) is 15.9 Å². The predicted molar refractivity (Wildman–Crippen MR) is 79.1 cm³/mol. The van der Waals surface area contributed by atoms with E-state index in [1.54, 1.807) is 0 Å². The van der Waals surface area contributed by atoms with Crippen LogP contribution >= 0.6 is 22.9 Å². The smallest absolute Gasteiger partial charge is 0.257 e. The molecule has 1 amide bonds. The topological polar surface area (TPSA) is 92.9 Å². The highest BCUT2D eigenvalue weighted by atomic mass is 35.5. The average Bonchev–Trinajstić information content (AvgIpc) is 2.98. The SMILES string of the molecule is NNc1cc(C(=O)Nc2nc3c(s2)CCC3)cc(Cl)n1. The molecule has 0 spiro atoms. The molecule has 6 nitrogen and oxygen atoms in total. The standard InChI is InChI=1S/C12H12ClN5OS/c13-9-4-6(5-10(16-9)18-14)11(19)17-12-15-7-2-1-3-8(7)20-12/h4-5H,1-3,14H2,(H,16,18)(H,15,17,19). The minimum atomic E-state index is -0.279. The van der Waals surface area contributed by atoms with E-state index in [0.29, 0.717) is 16.5 Å². The van der Waals surface area contributed by atoms with Crippen molar-refractivity contribution >= 4 is 39.8 Å². The quantitative estimate of drug-likeness (QED) is 0.459. The molecule has 0 saturated carbocycles. The number of fused-ring (bicyclic) bond motifs is 1. The summed E-state index contributed by atoms with van der Waals surface area (Å²) in [5, 5.41) is 3.60. The summed E-state index contributed by atoms with van der Waals surface area (Å²) in [5.74, 6) is 5.33. The summed E-state index contributed by atoms with van der Waals surface area (Å²) < 4.78 is 0. The van der Waals surface area contributed by atoms with Gasteiger partial charge in [0, 0.05) is 10.4 Å². The minimum absolute atomic E-state index is 0.201. The lowest BCUT2D eigenvalue weighted by atomic mass is 10.2. The molecule has 0 aliphatic heterocycles. The molecule has 0 saturated heterocycles. The van der Waals surface area contributed by atoms with Gasteiger partial charge in [0.2, 0.25) is 0 Å². The monoisotopic (exact) mass is 309 g/mol. The predicted octanol–water partition coefficient (Wildman–Crippen LogP) is 2.22. The Hall–Kier alpha value is -1.70. The molecule has 2 aromatic rings. The molecule has 0 radical (unpaired) electrons. The minimum Gasteiger partial charge on any atom is -0.308 e. The second-order valence-electron chi connectivity index (χ2n) is 4.40. The molecule has 1 aliphatic carbocycles. The number of aryl methyl sites for hydroxylation is 2. The van der Waals surface area contributed by atoms with Crippen molar-refractivity contribution in [1.29, 1.82) is 0 Å². The molecule has 2 aromatic heterocycles. The maximum Gasteiger partial charge on any atom is 0.257 e. The van der Waals surface area contributed by atoms with Crippen LogP contribution in [0.5, 0.6) is 0 Å². The number of rotatable bonds is 3. The van der Waals surface area contributed by atoms with Crippen LogP contribution in [-0.2, 0) is 12.8 Å². The number of hydrogen-bond donors (Lipinski definition) is 3. The van der Waals surface area contributed by atoms with E-state index < -0.39 is 0 Å². The second-order valence-corrected chi connectivity index (χ2v) is 5.88. The molecular formula is C12H12ClN5OS. The molecule has 20 heavy (non-hydrogen) atoms. The van der Waals surface area contributed by atoms with Gasteiger partial charge in [-0.3, -0.25) is 10.1 Å². The Bertz CT molecular complexity index is 650. The lowest BCUT2D eigenvalue weighted by Crippen LogP contribution is -2.14. The third-order valence-electron chi connectivity index (χ3n) is 3.02. The Balaban J connectivity index is 1.80. The van der Waals surface area contributed by atoms with Gasteiger partial charge < -0.3 is 5.43 Å². The van der Waals surface area contributed by atoms with Gasteiger partial charge in [0.25, 0.3) is 5.91 Å². The fraction of sp³-hybridized carbons (Fsp3) is 0.250. The van der Waals surface area contributed by atoms with Crippen LogP contribution in [0, 0.1) is 0 Å². The zero-order valence-electron chi connectivity index (χ0n) is 10.4. The van der Waals surface area contributed by atoms with E-state index in [9.17, 15) is 4.79 Å². The van der Waals surface area contributed by atoms with Crippen LogP contribution in [0.1, 0.15) is 27.3 Å². The highest BCUT2D eigenvalue weighted by molar-refractivity contribution is 7.16. The number of hydrazine groups is 1. The van der Waals surface area contributed by atoms with Crippen LogP contribution < -0.4 is 16.6 Å². The largest absolute Gasteiger partial charge is 0.308 e. The van der Waals surface area contributed by atoms with E-state index in [1.807, 2.05) is 0 Å². The molecule has 4 N–H and O–H groups in total. The van der Waals surface area contributed by atoms with Crippen molar-refractivity contribution in [1.82, 2.24) is 9.97 Å². The second kappa shape index (κ2) is 5.35. The van der Waals surface area contributed by atoms with Gasteiger partial charge in [0.1, 0.15) is 11.0 Å². The number of halogens is 1. The van der Waals surface area contributed by atoms with Gasteiger partial charge in [0.05, 0.1) is 5.69 Å². The molecule has 104 valence electrons. The van der Waals surface area contributed by atoms with E-state index in [0.717, 1.165) is 25.0 Å². The Kier molecular flexibility index (Phi) is 3.56. The van der Waals surface area contributed by atoms with Crippen molar-refractivity contribution < 1.29 is 4.79 Å². The zero-order valence-corrected chi connectivity index (χ0v) is 12.0. The molecule has 0 unspecified atom stereocenters. The molecule has 2 heterocycles. The van der Waals surface area contributed by atoms with E-state index in [2.05, 4.69) is 20.7 Å². The highest BCUT2D eigenvalue weighted by Crippen LogP contribution is 2.30. The lowest BCUT2D eigenvalue weighted by Gasteiger charge is -2.05. The molecule has 8 heteroatoms. The number of nitrogens with one attached hydrogen (secondary N) is 2. The fourth-order valence-electron chi connectivity index (χ4n) is 2.12. The number of anilines is 2. The van der Waals surface area contributed by atoms with E-state index in [1.165, 1.54) is 28.3 Å². The van der Waals surface area contributed by atoms with Gasteiger partial charge in [-0.15, -0.1) is 11.3 Å². The van der Waals surface area contributed by atoms with Gasteiger partial charge in [-0.1, -0.05) is 11.6 Å². The van der Waals surface area contributed by atoms with Crippen molar-refractivity contribution in [3.63, 3.8) is 0 Å². The molecule has 0 aromatic carbocycles. The Morgan fingerprint density at radius 1 is 1.35 bits per heavy atom. The van der Waals surface area contributed by atoms with Gasteiger partial charge in [0.15, 0.2) is 5.13 Å². The van der Waals surface area contributed by atoms with Crippen LogP contribution in [0.25, 0.3) is 0 Å². The first-order valence-electron chi connectivity index (χ1n) is 6.10. The molecule has 1 aliphatic rings. The van der Waals surface area contributed by atoms with Crippen molar-refractivity contribution in [2.75, 3.05) is 10.7 Å². The van der Waals surface area contributed by atoms with Crippen LogP contribution in [0.15, 0.2) is 12.1 Å². The number of nitrogens with zero attached hydrogens (tertiary/aromatic N) is 2. The normalized spacial score (nSPS) is 13.1. The number of nitrogen functional groups attached to an aromatic ring is 1. The highest BCUT2D eigenvalue weighted by Gasteiger charge is 2.18. The number of thiazole rings is 1. The number of carbonyl (C=O) groups excluding carboxylic acids is 1. The summed E-state index contributed by atoms with van der Waals surface area (Å²) in [6, 6.07) is 3.02. The maximum atomic E-state index is 12.2. The van der Waals surface area contributed by atoms with Crippen LogP contribution in [0.3, 0.4) is 0 Å². The molecule has 0 bridgehead atoms. The van der Waals surface area contributed by atoms with Crippen LogP contribution in [0.2, 0.25) is 5.15 Å². The van der Waals surface area contributed by atoms with Gasteiger partial charge in [-0.25, -0.2) is 15.8 Å². The Labute approximate surface area is 124 Å². The van der Waals surface area contributed by atoms with Gasteiger partial charge in [-0.2, -0.15) is 0 Å². The third kappa shape index (κ3) is 2.60. The Morgan fingerprint density at radius 3 is 2.95 bits per heavy atom. The first kappa shape index (κ1) is 13.3. The summed E-state index contributed by atoms with van der Waals surface area (Å²) >= 11 is 7.36. The third-order valence-corrected chi connectivity index (χ3v) is 4.29. The lowest BCUT2D eigenvalue weighted by molar-refractivity contribution is 0.102. The van der Waals surface area contributed by atoms with Crippen molar-refractivity contribution in [3.05, 3.63) is 33.4 Å². The summed E-state index contributed by atoms with van der Waals surface area (Å²) in [6.07, 6.45) is 3.18. The van der Waals surface area contributed by atoms with Crippen molar-refractivity contribution in [2.24, 2.45) is 5.84 Å². The molecule has 0 fully saturated rings. The number of aromatic nitrogens is 2. The summed E-state index contributed by atoms with van der Waals surface area (Å²) in [5.41, 5.74) is 3.85. The zero-order chi connectivity index (χ0) is 14.1. The van der Waals surface area contributed by atoms with Crippen LogP contribution in [0.4, 0.5) is 10.9 Å². The number of nitrogens with two attached hydrogens (primary N) is 1. The van der Waals surface area contributed by atoms with E-state index in [4.69, 9.17) is 17.4 Å². The average molecular weight is 310 g/mol. The number of pyridine rings is 1. The maximum absolute atomic E-state index is 12.2. The number of hydrogen-bond acceptors (Lipinski definition) is 6. The molecule has 0 atom stereocenters. The van der Waals surface area contributed by atoms with Gasteiger partial charge in [-0.05, 0) is 31.4 Å². The summed E-state index contributed by atoms with van der Waals surface area (Å²) in [4.78, 5) is 21.8. The summed E-state index contributed by atoms with van der Waals surface area (Å²) in [6.45, 7) is 0. The first-order valence-corrected chi connectivity index (χ1v) is 7.29. The molecule has 3 rings (SSSR count).